The molecule has 0 bridgehead atoms. The van der Waals surface area contributed by atoms with Crippen LogP contribution in [-0.2, 0) is 9.59 Å². The van der Waals surface area contributed by atoms with E-state index < -0.39 is 17.6 Å². The molecule has 5 heteroatoms. The van der Waals surface area contributed by atoms with Crippen molar-refractivity contribution in [2.24, 2.45) is 5.73 Å². The fourth-order valence-corrected chi connectivity index (χ4v) is 1.02. The Morgan fingerprint density at radius 1 is 1.20 bits per heavy atom. The van der Waals surface area contributed by atoms with Crippen molar-refractivity contribution in [3.8, 4) is 0 Å². The van der Waals surface area contributed by atoms with Gasteiger partial charge in [-0.05, 0) is 12.1 Å². The molecule has 0 saturated carbocycles. The van der Waals surface area contributed by atoms with Crippen molar-refractivity contribution in [2.75, 3.05) is 5.32 Å². The van der Waals surface area contributed by atoms with Crippen LogP contribution in [0.1, 0.15) is 17.3 Å². The van der Waals surface area contributed by atoms with Crippen molar-refractivity contribution in [1.29, 1.82) is 0 Å². The first kappa shape index (κ1) is 10.9. The summed E-state index contributed by atoms with van der Waals surface area (Å²) in [7, 11) is 0. The van der Waals surface area contributed by atoms with E-state index in [9.17, 15) is 14.4 Å². The first-order chi connectivity index (χ1) is 7.02. The average molecular weight is 206 g/mol. The zero-order valence-electron chi connectivity index (χ0n) is 8.11. The van der Waals surface area contributed by atoms with Gasteiger partial charge in [-0.25, -0.2) is 0 Å². The Labute approximate surface area is 86.3 Å². The molecule has 5 nitrogen and oxygen atoms in total. The highest BCUT2D eigenvalue weighted by Gasteiger charge is 2.12. The number of nitrogens with two attached hydrogens (primary N) is 1. The molecule has 2 amide bonds. The van der Waals surface area contributed by atoms with E-state index in [2.05, 4.69) is 5.32 Å². The summed E-state index contributed by atoms with van der Waals surface area (Å²) in [6.07, 6.45) is 0. The van der Waals surface area contributed by atoms with Gasteiger partial charge in [0, 0.05) is 6.92 Å². The fourth-order valence-electron chi connectivity index (χ4n) is 1.02. The van der Waals surface area contributed by atoms with Crippen molar-refractivity contribution in [2.45, 2.75) is 6.92 Å². The molecule has 0 aromatic heterocycles. The number of hydrogen-bond acceptors (Lipinski definition) is 3. The lowest BCUT2D eigenvalue weighted by Crippen LogP contribution is -2.22. The maximum absolute atomic E-state index is 11.1. The third-order valence-corrected chi connectivity index (χ3v) is 1.76. The van der Waals surface area contributed by atoms with Gasteiger partial charge in [-0.15, -0.1) is 0 Å². The maximum Gasteiger partial charge on any atom is 0.291 e. The van der Waals surface area contributed by atoms with E-state index in [1.807, 2.05) is 0 Å². The van der Waals surface area contributed by atoms with Crippen LogP contribution < -0.4 is 11.1 Å². The smallest absolute Gasteiger partial charge is 0.291 e. The molecule has 1 aromatic rings. The van der Waals surface area contributed by atoms with Gasteiger partial charge in [-0.2, -0.15) is 0 Å². The van der Waals surface area contributed by atoms with Crippen LogP contribution in [0.15, 0.2) is 24.3 Å². The molecule has 0 aliphatic carbocycles. The largest absolute Gasteiger partial charge is 0.366 e. The van der Waals surface area contributed by atoms with Gasteiger partial charge >= 0.3 is 0 Å². The lowest BCUT2D eigenvalue weighted by molar-refractivity contribution is -0.133. The van der Waals surface area contributed by atoms with Crippen LogP contribution in [0.2, 0.25) is 0 Å². The monoisotopic (exact) mass is 206 g/mol. The van der Waals surface area contributed by atoms with E-state index in [0.717, 1.165) is 6.92 Å². The number of carbonyl (C=O) groups excluding carboxylic acids is 3. The summed E-state index contributed by atoms with van der Waals surface area (Å²) in [6, 6.07) is 6.21. The van der Waals surface area contributed by atoms with Crippen molar-refractivity contribution in [3.05, 3.63) is 29.8 Å². The third-order valence-electron chi connectivity index (χ3n) is 1.76. The van der Waals surface area contributed by atoms with Gasteiger partial charge in [0.25, 0.3) is 11.8 Å². The summed E-state index contributed by atoms with van der Waals surface area (Å²) in [5.41, 5.74) is 5.51. The molecule has 15 heavy (non-hydrogen) atoms. The van der Waals surface area contributed by atoms with Gasteiger partial charge in [-0.3, -0.25) is 14.4 Å². The predicted octanol–water partition coefficient (Wildman–Crippen LogP) is 0.313. The number of benzene rings is 1. The second-order valence-electron chi connectivity index (χ2n) is 2.92. The first-order valence-corrected chi connectivity index (χ1v) is 4.23. The molecule has 0 saturated heterocycles. The highest BCUT2D eigenvalue weighted by atomic mass is 16.2. The van der Waals surface area contributed by atoms with E-state index in [4.69, 9.17) is 5.73 Å². The Balaban J connectivity index is 2.99. The van der Waals surface area contributed by atoms with Crippen LogP contribution in [0.3, 0.4) is 0 Å². The molecule has 0 aliphatic rings. The SMILES string of the molecule is CC(=O)C(=O)Nc1ccccc1C(N)=O. The van der Waals surface area contributed by atoms with E-state index in [1.54, 1.807) is 12.1 Å². The highest BCUT2D eigenvalue weighted by molar-refractivity contribution is 6.40. The van der Waals surface area contributed by atoms with Crippen molar-refractivity contribution in [3.63, 3.8) is 0 Å². The van der Waals surface area contributed by atoms with Crippen molar-refractivity contribution < 1.29 is 14.4 Å². The second kappa shape index (κ2) is 4.36. The molecule has 0 spiro atoms. The van der Waals surface area contributed by atoms with Crippen molar-refractivity contribution in [1.82, 2.24) is 0 Å². The van der Waals surface area contributed by atoms with Gasteiger partial charge in [0.1, 0.15) is 0 Å². The predicted molar refractivity (Wildman–Crippen MR) is 54.3 cm³/mol. The minimum absolute atomic E-state index is 0.173. The summed E-state index contributed by atoms with van der Waals surface area (Å²) < 4.78 is 0. The fraction of sp³-hybridized carbons (Fsp3) is 0.100. The summed E-state index contributed by atoms with van der Waals surface area (Å²) in [5.74, 6) is -2.06. The second-order valence-corrected chi connectivity index (χ2v) is 2.92. The van der Waals surface area contributed by atoms with Crippen LogP contribution in [0, 0.1) is 0 Å². The van der Waals surface area contributed by atoms with E-state index in [0.29, 0.717) is 0 Å². The maximum atomic E-state index is 11.1. The van der Waals surface area contributed by atoms with Gasteiger partial charge in [0.15, 0.2) is 0 Å². The lowest BCUT2D eigenvalue weighted by atomic mass is 10.1. The zero-order valence-corrected chi connectivity index (χ0v) is 8.11. The standard InChI is InChI=1S/C10H10N2O3/c1-6(13)10(15)12-8-5-3-2-4-7(8)9(11)14/h2-5H,1H3,(H2,11,14)(H,12,15). The molecule has 0 unspecified atom stereocenters. The number of Topliss-reactive ketones (excluding diaryl/α,β-unsaturated/α-hetero) is 1. The molecule has 1 aromatic carbocycles. The molecule has 0 aliphatic heterocycles. The summed E-state index contributed by atoms with van der Waals surface area (Å²) in [4.78, 5) is 32.7. The van der Waals surface area contributed by atoms with Crippen LogP contribution in [-0.4, -0.2) is 17.6 Å². The molecule has 1 rings (SSSR count). The number of primary amides is 1. The molecular formula is C10H10N2O3. The van der Waals surface area contributed by atoms with Crippen LogP contribution in [0.5, 0.6) is 0 Å². The minimum Gasteiger partial charge on any atom is -0.366 e. The van der Waals surface area contributed by atoms with E-state index >= 15 is 0 Å². The molecule has 3 N–H and O–H groups in total. The number of anilines is 1. The Hall–Kier alpha value is -2.17. The Kier molecular flexibility index (Phi) is 3.17. The highest BCUT2D eigenvalue weighted by Crippen LogP contribution is 2.13. The Morgan fingerprint density at radius 2 is 1.80 bits per heavy atom. The quantitative estimate of drug-likeness (QED) is 0.697. The zero-order chi connectivity index (χ0) is 11.4. The van der Waals surface area contributed by atoms with E-state index in [-0.39, 0.29) is 11.3 Å². The number of ketones is 1. The molecule has 0 heterocycles. The summed E-state index contributed by atoms with van der Waals surface area (Å²) in [5, 5.41) is 2.30. The van der Waals surface area contributed by atoms with Crippen LogP contribution in [0.25, 0.3) is 0 Å². The number of hydrogen-bond donors (Lipinski definition) is 2. The Bertz CT molecular complexity index is 426. The third kappa shape index (κ3) is 2.63. The topological polar surface area (TPSA) is 89.3 Å². The number of rotatable bonds is 3. The molecule has 0 radical (unpaired) electrons. The number of para-hydroxylation sites is 1. The van der Waals surface area contributed by atoms with Crippen molar-refractivity contribution >= 4 is 23.3 Å². The molecule has 0 atom stereocenters. The van der Waals surface area contributed by atoms with Gasteiger partial charge < -0.3 is 11.1 Å². The molecule has 78 valence electrons. The number of nitrogens with one attached hydrogen (secondary N) is 1. The lowest BCUT2D eigenvalue weighted by Gasteiger charge is -2.06. The van der Waals surface area contributed by atoms with E-state index in [1.165, 1.54) is 12.1 Å². The van der Waals surface area contributed by atoms with Crippen LogP contribution in [0.4, 0.5) is 5.69 Å². The Morgan fingerprint density at radius 3 is 2.33 bits per heavy atom. The van der Waals surface area contributed by atoms with Crippen LogP contribution >= 0.6 is 0 Å². The van der Waals surface area contributed by atoms with Gasteiger partial charge in [-0.1, -0.05) is 12.1 Å². The van der Waals surface area contributed by atoms with Gasteiger partial charge in [0.05, 0.1) is 11.3 Å². The summed E-state index contributed by atoms with van der Waals surface area (Å²) >= 11 is 0. The minimum atomic E-state index is -0.774. The van der Waals surface area contributed by atoms with Gasteiger partial charge in [0.2, 0.25) is 5.78 Å². The first-order valence-electron chi connectivity index (χ1n) is 4.23. The molecular weight excluding hydrogens is 196 g/mol. The average Bonchev–Trinajstić information content (AvgIpc) is 2.18. The summed E-state index contributed by atoms with van der Waals surface area (Å²) in [6.45, 7) is 1.14. The molecule has 0 fully saturated rings. The number of carbonyl (C=O) groups is 3. The number of amides is 2. The normalized spacial score (nSPS) is 9.40.